The standard InChI is InChI=1S/C8H11ClN2O/c1-2-10-8-3-6(5-12)7(9)4-11-8/h3-4,12H,2,5H2,1H3,(H,10,11). The molecule has 0 aliphatic rings. The molecule has 4 heteroatoms. The van der Waals surface area contributed by atoms with Crippen molar-refractivity contribution in [1.29, 1.82) is 0 Å². The molecule has 0 radical (unpaired) electrons. The minimum absolute atomic E-state index is 0.0558. The van der Waals surface area contributed by atoms with E-state index >= 15 is 0 Å². The van der Waals surface area contributed by atoms with E-state index in [0.29, 0.717) is 10.6 Å². The molecule has 12 heavy (non-hydrogen) atoms. The van der Waals surface area contributed by atoms with Gasteiger partial charge in [0, 0.05) is 18.3 Å². The summed E-state index contributed by atoms with van der Waals surface area (Å²) >= 11 is 5.75. The van der Waals surface area contributed by atoms with Gasteiger partial charge in [-0.2, -0.15) is 0 Å². The molecular weight excluding hydrogens is 176 g/mol. The Morgan fingerprint density at radius 2 is 2.42 bits per heavy atom. The van der Waals surface area contributed by atoms with Gasteiger partial charge in [0.15, 0.2) is 0 Å². The zero-order valence-electron chi connectivity index (χ0n) is 6.84. The van der Waals surface area contributed by atoms with Crippen molar-refractivity contribution in [2.75, 3.05) is 11.9 Å². The van der Waals surface area contributed by atoms with Crippen LogP contribution < -0.4 is 5.32 Å². The predicted octanol–water partition coefficient (Wildman–Crippen LogP) is 1.66. The van der Waals surface area contributed by atoms with Gasteiger partial charge >= 0.3 is 0 Å². The maximum absolute atomic E-state index is 8.87. The van der Waals surface area contributed by atoms with Crippen molar-refractivity contribution < 1.29 is 5.11 Å². The normalized spacial score (nSPS) is 9.92. The molecule has 0 saturated heterocycles. The molecule has 0 spiro atoms. The van der Waals surface area contributed by atoms with Gasteiger partial charge in [-0.05, 0) is 13.0 Å². The Balaban J connectivity index is 2.89. The molecule has 1 aromatic rings. The SMILES string of the molecule is CCNc1cc(CO)c(Cl)cn1. The number of aliphatic hydroxyl groups is 1. The largest absolute Gasteiger partial charge is 0.392 e. The summed E-state index contributed by atoms with van der Waals surface area (Å²) in [5.41, 5.74) is 0.697. The summed E-state index contributed by atoms with van der Waals surface area (Å²) in [4.78, 5) is 4.02. The third kappa shape index (κ3) is 2.09. The number of pyridine rings is 1. The molecule has 3 nitrogen and oxygen atoms in total. The lowest BCUT2D eigenvalue weighted by Gasteiger charge is -2.04. The number of rotatable bonds is 3. The van der Waals surface area contributed by atoms with E-state index in [9.17, 15) is 0 Å². The van der Waals surface area contributed by atoms with Crippen molar-refractivity contribution in [3.63, 3.8) is 0 Å². The summed E-state index contributed by atoms with van der Waals surface area (Å²) < 4.78 is 0. The number of aliphatic hydroxyl groups excluding tert-OH is 1. The zero-order chi connectivity index (χ0) is 8.97. The third-order valence-corrected chi connectivity index (χ3v) is 1.80. The molecule has 2 N–H and O–H groups in total. The third-order valence-electron chi connectivity index (χ3n) is 1.46. The zero-order valence-corrected chi connectivity index (χ0v) is 7.60. The fourth-order valence-electron chi connectivity index (χ4n) is 0.879. The highest BCUT2D eigenvalue weighted by Gasteiger charge is 2.00. The fraction of sp³-hybridized carbons (Fsp3) is 0.375. The van der Waals surface area contributed by atoms with Gasteiger partial charge in [0.05, 0.1) is 11.6 Å². The van der Waals surface area contributed by atoms with Crippen molar-refractivity contribution in [3.05, 3.63) is 22.8 Å². The highest BCUT2D eigenvalue weighted by molar-refractivity contribution is 6.31. The Kier molecular flexibility index (Phi) is 3.31. The average Bonchev–Trinajstić information content (AvgIpc) is 2.09. The van der Waals surface area contributed by atoms with Crippen LogP contribution in [0.3, 0.4) is 0 Å². The van der Waals surface area contributed by atoms with Crippen molar-refractivity contribution in [3.8, 4) is 0 Å². The molecule has 1 heterocycles. The van der Waals surface area contributed by atoms with Crippen molar-refractivity contribution >= 4 is 17.4 Å². The first-order valence-corrected chi connectivity index (χ1v) is 4.15. The van der Waals surface area contributed by atoms with E-state index in [-0.39, 0.29) is 6.61 Å². The maximum atomic E-state index is 8.87. The van der Waals surface area contributed by atoms with Crippen LogP contribution in [0.4, 0.5) is 5.82 Å². The summed E-state index contributed by atoms with van der Waals surface area (Å²) in [5.74, 6) is 0.742. The van der Waals surface area contributed by atoms with Gasteiger partial charge in [-0.25, -0.2) is 4.98 Å². The number of aromatic nitrogens is 1. The number of halogens is 1. The van der Waals surface area contributed by atoms with E-state index in [0.717, 1.165) is 12.4 Å². The van der Waals surface area contributed by atoms with Gasteiger partial charge in [-0.3, -0.25) is 0 Å². The van der Waals surface area contributed by atoms with E-state index in [1.807, 2.05) is 6.92 Å². The highest BCUT2D eigenvalue weighted by Crippen LogP contribution is 2.17. The van der Waals surface area contributed by atoms with Crippen LogP contribution in [0.2, 0.25) is 5.02 Å². The summed E-state index contributed by atoms with van der Waals surface area (Å²) in [6.45, 7) is 2.73. The Bertz CT molecular complexity index is 265. The Morgan fingerprint density at radius 3 is 3.00 bits per heavy atom. The molecule has 0 bridgehead atoms. The number of nitrogens with zero attached hydrogens (tertiary/aromatic N) is 1. The molecule has 0 aliphatic carbocycles. The minimum Gasteiger partial charge on any atom is -0.392 e. The molecule has 0 aliphatic heterocycles. The van der Waals surface area contributed by atoms with Crippen LogP contribution in [0.5, 0.6) is 0 Å². The average molecular weight is 187 g/mol. The van der Waals surface area contributed by atoms with Crippen LogP contribution in [0.15, 0.2) is 12.3 Å². The van der Waals surface area contributed by atoms with Crippen LogP contribution in [0, 0.1) is 0 Å². The van der Waals surface area contributed by atoms with Gasteiger partial charge in [-0.1, -0.05) is 11.6 Å². The van der Waals surface area contributed by atoms with E-state index in [4.69, 9.17) is 16.7 Å². The second-order valence-corrected chi connectivity index (χ2v) is 2.76. The summed E-state index contributed by atoms with van der Waals surface area (Å²) in [6, 6.07) is 1.74. The number of anilines is 1. The topological polar surface area (TPSA) is 45.1 Å². The molecule has 0 amide bonds. The van der Waals surface area contributed by atoms with Crippen LogP contribution in [0.1, 0.15) is 12.5 Å². The van der Waals surface area contributed by atoms with Gasteiger partial charge in [0.2, 0.25) is 0 Å². The summed E-state index contributed by atoms with van der Waals surface area (Å²) in [5, 5.41) is 12.4. The van der Waals surface area contributed by atoms with Crippen molar-refractivity contribution in [2.45, 2.75) is 13.5 Å². The molecule has 0 atom stereocenters. The first-order valence-electron chi connectivity index (χ1n) is 3.77. The molecule has 66 valence electrons. The van der Waals surface area contributed by atoms with Crippen LogP contribution in [-0.4, -0.2) is 16.6 Å². The molecule has 0 unspecified atom stereocenters. The van der Waals surface area contributed by atoms with E-state index in [1.54, 1.807) is 6.07 Å². The number of nitrogens with one attached hydrogen (secondary N) is 1. The lowest BCUT2D eigenvalue weighted by molar-refractivity contribution is 0.282. The lowest BCUT2D eigenvalue weighted by Crippen LogP contribution is -2.00. The Morgan fingerprint density at radius 1 is 1.67 bits per heavy atom. The van der Waals surface area contributed by atoms with E-state index in [1.165, 1.54) is 6.20 Å². The summed E-state index contributed by atoms with van der Waals surface area (Å²) in [6.07, 6.45) is 1.53. The molecule has 1 rings (SSSR count). The van der Waals surface area contributed by atoms with Crippen LogP contribution in [0.25, 0.3) is 0 Å². The van der Waals surface area contributed by atoms with Gasteiger partial charge < -0.3 is 10.4 Å². The van der Waals surface area contributed by atoms with Gasteiger partial charge in [-0.15, -0.1) is 0 Å². The Hall–Kier alpha value is -0.800. The number of hydrogen-bond donors (Lipinski definition) is 2. The van der Waals surface area contributed by atoms with E-state index in [2.05, 4.69) is 10.3 Å². The summed E-state index contributed by atoms with van der Waals surface area (Å²) in [7, 11) is 0. The molecule has 0 fully saturated rings. The second kappa shape index (κ2) is 4.28. The minimum atomic E-state index is -0.0558. The highest BCUT2D eigenvalue weighted by atomic mass is 35.5. The lowest BCUT2D eigenvalue weighted by atomic mass is 10.3. The second-order valence-electron chi connectivity index (χ2n) is 2.35. The van der Waals surface area contributed by atoms with Crippen molar-refractivity contribution in [2.24, 2.45) is 0 Å². The fourth-order valence-corrected chi connectivity index (χ4v) is 1.04. The van der Waals surface area contributed by atoms with E-state index < -0.39 is 0 Å². The van der Waals surface area contributed by atoms with Gasteiger partial charge in [0.25, 0.3) is 0 Å². The van der Waals surface area contributed by atoms with Crippen LogP contribution >= 0.6 is 11.6 Å². The first kappa shape index (κ1) is 9.29. The van der Waals surface area contributed by atoms with Crippen molar-refractivity contribution in [1.82, 2.24) is 4.98 Å². The molecule has 0 saturated carbocycles. The maximum Gasteiger partial charge on any atom is 0.126 e. The monoisotopic (exact) mass is 186 g/mol. The molecule has 1 aromatic heterocycles. The number of hydrogen-bond acceptors (Lipinski definition) is 3. The first-order chi connectivity index (χ1) is 5.77. The molecule has 0 aromatic carbocycles. The quantitative estimate of drug-likeness (QED) is 0.755. The smallest absolute Gasteiger partial charge is 0.126 e. The predicted molar refractivity (Wildman–Crippen MR) is 49.3 cm³/mol. The Labute approximate surface area is 76.4 Å². The van der Waals surface area contributed by atoms with Gasteiger partial charge in [0.1, 0.15) is 5.82 Å². The molecular formula is C8H11ClN2O. The van der Waals surface area contributed by atoms with Crippen LogP contribution in [-0.2, 0) is 6.61 Å².